The highest BCUT2D eigenvalue weighted by atomic mass is 79.9. The zero-order valence-electron chi connectivity index (χ0n) is 15.6. The van der Waals surface area contributed by atoms with E-state index in [2.05, 4.69) is 52.4 Å². The van der Waals surface area contributed by atoms with Crippen LogP contribution in [0.15, 0.2) is 40.9 Å². The van der Waals surface area contributed by atoms with Crippen LogP contribution in [0.1, 0.15) is 36.0 Å². The van der Waals surface area contributed by atoms with Crippen molar-refractivity contribution in [2.75, 3.05) is 20.3 Å². The van der Waals surface area contributed by atoms with Gasteiger partial charge in [0, 0.05) is 17.6 Å². The SMILES string of the molecule is COc1cc(CNCCCCCO)c(Br)cc1OCc1ccc(C)cc1. The van der Waals surface area contributed by atoms with Gasteiger partial charge in [-0.15, -0.1) is 0 Å². The lowest BCUT2D eigenvalue weighted by Gasteiger charge is -2.14. The number of methoxy groups -OCH3 is 1. The number of nitrogens with one attached hydrogen (secondary N) is 1. The van der Waals surface area contributed by atoms with Crippen LogP contribution in [0.5, 0.6) is 11.5 Å². The normalized spacial score (nSPS) is 10.8. The minimum Gasteiger partial charge on any atom is -0.493 e. The molecule has 2 rings (SSSR count). The van der Waals surface area contributed by atoms with Crippen LogP contribution in [-0.4, -0.2) is 25.4 Å². The van der Waals surface area contributed by atoms with Crippen molar-refractivity contribution in [2.24, 2.45) is 0 Å². The zero-order valence-corrected chi connectivity index (χ0v) is 17.1. The minimum absolute atomic E-state index is 0.271. The first-order valence-corrected chi connectivity index (χ1v) is 9.79. The van der Waals surface area contributed by atoms with Gasteiger partial charge in [0.2, 0.25) is 0 Å². The fourth-order valence-corrected chi connectivity index (χ4v) is 3.05. The molecule has 0 aromatic heterocycles. The quantitative estimate of drug-likeness (QED) is 0.520. The summed E-state index contributed by atoms with van der Waals surface area (Å²) in [6, 6.07) is 12.3. The van der Waals surface area contributed by atoms with Crippen molar-refractivity contribution in [3.05, 3.63) is 57.6 Å². The van der Waals surface area contributed by atoms with Gasteiger partial charge in [0.15, 0.2) is 11.5 Å². The summed E-state index contributed by atoms with van der Waals surface area (Å²) >= 11 is 3.63. The molecule has 2 aromatic rings. The van der Waals surface area contributed by atoms with E-state index >= 15 is 0 Å². The van der Waals surface area contributed by atoms with E-state index in [1.54, 1.807) is 7.11 Å². The molecular weight excluding hydrogens is 394 g/mol. The van der Waals surface area contributed by atoms with Gasteiger partial charge < -0.3 is 19.9 Å². The van der Waals surface area contributed by atoms with Crippen LogP contribution in [0.4, 0.5) is 0 Å². The predicted molar refractivity (Wildman–Crippen MR) is 109 cm³/mol. The van der Waals surface area contributed by atoms with Crippen LogP contribution >= 0.6 is 15.9 Å². The molecule has 142 valence electrons. The lowest BCUT2D eigenvalue weighted by Crippen LogP contribution is -2.15. The van der Waals surface area contributed by atoms with Crippen LogP contribution < -0.4 is 14.8 Å². The smallest absolute Gasteiger partial charge is 0.162 e. The summed E-state index contributed by atoms with van der Waals surface area (Å²) in [5, 5.41) is 12.2. The fourth-order valence-electron chi connectivity index (χ4n) is 2.59. The van der Waals surface area contributed by atoms with Gasteiger partial charge in [-0.05, 0) is 56.0 Å². The number of ether oxygens (including phenoxy) is 2. The van der Waals surface area contributed by atoms with E-state index in [1.165, 1.54) is 5.56 Å². The second-order valence-electron chi connectivity index (χ2n) is 6.33. The molecule has 2 N–H and O–H groups in total. The fraction of sp³-hybridized carbons (Fsp3) is 0.429. The first-order valence-electron chi connectivity index (χ1n) is 9.00. The van der Waals surface area contributed by atoms with Crippen LogP contribution in [-0.2, 0) is 13.2 Å². The lowest BCUT2D eigenvalue weighted by atomic mass is 10.1. The van der Waals surface area contributed by atoms with E-state index in [0.29, 0.717) is 6.61 Å². The third-order valence-corrected chi connectivity index (χ3v) is 4.91. The summed E-state index contributed by atoms with van der Waals surface area (Å²) in [5.74, 6) is 1.46. The number of benzene rings is 2. The summed E-state index contributed by atoms with van der Waals surface area (Å²) in [7, 11) is 1.66. The summed E-state index contributed by atoms with van der Waals surface area (Å²) in [5.41, 5.74) is 3.50. The molecule has 4 nitrogen and oxygen atoms in total. The Labute approximate surface area is 164 Å². The van der Waals surface area contributed by atoms with Crippen LogP contribution in [0.2, 0.25) is 0 Å². The van der Waals surface area contributed by atoms with Crippen molar-refractivity contribution in [1.82, 2.24) is 5.32 Å². The van der Waals surface area contributed by atoms with E-state index in [-0.39, 0.29) is 6.61 Å². The second-order valence-corrected chi connectivity index (χ2v) is 7.18. The van der Waals surface area contributed by atoms with Crippen molar-refractivity contribution in [3.63, 3.8) is 0 Å². The van der Waals surface area contributed by atoms with Crippen molar-refractivity contribution < 1.29 is 14.6 Å². The molecule has 0 bridgehead atoms. The molecule has 0 unspecified atom stereocenters. The third-order valence-electron chi connectivity index (χ3n) is 4.17. The van der Waals surface area contributed by atoms with Crippen molar-refractivity contribution in [1.29, 1.82) is 0 Å². The molecule has 0 atom stereocenters. The molecule has 0 amide bonds. The summed E-state index contributed by atoms with van der Waals surface area (Å²) in [6.07, 6.45) is 2.97. The van der Waals surface area contributed by atoms with Crippen molar-refractivity contribution >= 4 is 15.9 Å². The largest absolute Gasteiger partial charge is 0.493 e. The van der Waals surface area contributed by atoms with E-state index in [4.69, 9.17) is 14.6 Å². The zero-order chi connectivity index (χ0) is 18.8. The summed E-state index contributed by atoms with van der Waals surface area (Å²) in [6.45, 7) is 4.54. The third kappa shape index (κ3) is 6.63. The molecule has 0 spiro atoms. The molecule has 2 aromatic carbocycles. The van der Waals surface area contributed by atoms with Gasteiger partial charge in [0.25, 0.3) is 0 Å². The molecule has 26 heavy (non-hydrogen) atoms. The van der Waals surface area contributed by atoms with Crippen LogP contribution in [0.3, 0.4) is 0 Å². The number of hydrogen-bond acceptors (Lipinski definition) is 4. The average Bonchev–Trinajstić information content (AvgIpc) is 2.65. The monoisotopic (exact) mass is 421 g/mol. The van der Waals surface area contributed by atoms with Gasteiger partial charge in [0.1, 0.15) is 6.61 Å². The number of aliphatic hydroxyl groups is 1. The topological polar surface area (TPSA) is 50.7 Å². The molecule has 0 fully saturated rings. The van der Waals surface area contributed by atoms with Gasteiger partial charge in [-0.3, -0.25) is 0 Å². The summed E-state index contributed by atoms with van der Waals surface area (Å²) in [4.78, 5) is 0. The maximum atomic E-state index is 8.80. The Balaban J connectivity index is 1.93. The Kier molecular flexibility index (Phi) is 8.95. The van der Waals surface area contributed by atoms with E-state index in [0.717, 1.165) is 59.5 Å². The molecule has 0 aliphatic heterocycles. The number of rotatable bonds is 11. The molecule has 0 aliphatic carbocycles. The highest BCUT2D eigenvalue weighted by Crippen LogP contribution is 2.34. The van der Waals surface area contributed by atoms with Gasteiger partial charge in [0.05, 0.1) is 7.11 Å². The highest BCUT2D eigenvalue weighted by Gasteiger charge is 2.10. The Bertz CT molecular complexity index is 674. The first-order chi connectivity index (χ1) is 12.6. The van der Waals surface area contributed by atoms with Gasteiger partial charge in [-0.2, -0.15) is 0 Å². The molecule has 0 aliphatic rings. The molecule has 0 saturated heterocycles. The van der Waals surface area contributed by atoms with Gasteiger partial charge in [-0.1, -0.05) is 45.8 Å². The van der Waals surface area contributed by atoms with Crippen molar-refractivity contribution in [2.45, 2.75) is 39.3 Å². The number of unbranched alkanes of at least 4 members (excludes halogenated alkanes) is 2. The Hall–Kier alpha value is -1.56. The molecule has 0 heterocycles. The highest BCUT2D eigenvalue weighted by molar-refractivity contribution is 9.10. The summed E-state index contributed by atoms with van der Waals surface area (Å²) < 4.78 is 12.5. The Morgan fingerprint density at radius 2 is 1.81 bits per heavy atom. The molecule has 5 heteroatoms. The second kappa shape index (κ2) is 11.2. The number of aliphatic hydroxyl groups excluding tert-OH is 1. The number of aryl methyl sites for hydroxylation is 1. The van der Waals surface area contributed by atoms with Gasteiger partial charge >= 0.3 is 0 Å². The van der Waals surface area contributed by atoms with Gasteiger partial charge in [-0.25, -0.2) is 0 Å². The van der Waals surface area contributed by atoms with Crippen LogP contribution in [0.25, 0.3) is 0 Å². The molecule has 0 saturated carbocycles. The molecule has 0 radical (unpaired) electrons. The molecular formula is C21H28BrNO3. The average molecular weight is 422 g/mol. The predicted octanol–water partition coefficient (Wildman–Crippen LogP) is 4.60. The first kappa shape index (κ1) is 20.7. The Morgan fingerprint density at radius 1 is 1.04 bits per heavy atom. The standard InChI is InChI=1S/C21H28BrNO3/c1-16-6-8-17(9-7-16)15-26-21-13-19(22)18(12-20(21)25-2)14-23-10-4-3-5-11-24/h6-9,12-13,23-24H,3-5,10-11,14-15H2,1-2H3. The van der Waals surface area contributed by atoms with E-state index < -0.39 is 0 Å². The van der Waals surface area contributed by atoms with Crippen molar-refractivity contribution in [3.8, 4) is 11.5 Å². The van der Waals surface area contributed by atoms with E-state index in [9.17, 15) is 0 Å². The lowest BCUT2D eigenvalue weighted by molar-refractivity contribution is 0.282. The van der Waals surface area contributed by atoms with E-state index in [1.807, 2.05) is 12.1 Å². The van der Waals surface area contributed by atoms with Crippen LogP contribution in [0, 0.1) is 6.92 Å². The number of hydrogen-bond donors (Lipinski definition) is 2. The minimum atomic E-state index is 0.271. The number of halogens is 1. The maximum Gasteiger partial charge on any atom is 0.162 e. The Morgan fingerprint density at radius 3 is 2.50 bits per heavy atom. The maximum absolute atomic E-state index is 8.80.